The van der Waals surface area contributed by atoms with Crippen LogP contribution in [0.5, 0.6) is 23.1 Å². The largest absolute Gasteiger partial charge is 0.493 e. The number of carbonyl (C=O) groups excluding carboxylic acids is 1. The van der Waals surface area contributed by atoms with E-state index < -0.39 is 0 Å². The SMILES string of the molecule is COc1cc(C(=O)C=Cc2ccc(OC)c(OC)c2OC)on1. The standard InChI is InChI=1S/C16H17NO6/c1-19-12-8-6-10(15(21-3)16(12)22-4)5-7-11(18)13-9-14(20-2)17-23-13/h5-9H,1-4H3. The quantitative estimate of drug-likeness (QED) is 0.573. The molecule has 0 bridgehead atoms. The fourth-order valence-corrected chi connectivity index (χ4v) is 1.97. The van der Waals surface area contributed by atoms with Gasteiger partial charge in [-0.25, -0.2) is 0 Å². The molecular formula is C16H17NO6. The lowest BCUT2D eigenvalue weighted by Crippen LogP contribution is -1.97. The van der Waals surface area contributed by atoms with E-state index in [0.29, 0.717) is 22.8 Å². The molecule has 0 unspecified atom stereocenters. The molecule has 0 amide bonds. The molecule has 1 heterocycles. The second-order valence-corrected chi connectivity index (χ2v) is 4.35. The van der Waals surface area contributed by atoms with Gasteiger partial charge in [-0.3, -0.25) is 4.79 Å². The van der Waals surface area contributed by atoms with Gasteiger partial charge in [-0.05, 0) is 29.4 Å². The Bertz CT molecular complexity index is 719. The third kappa shape index (κ3) is 3.45. The topological polar surface area (TPSA) is 80.0 Å². The Balaban J connectivity index is 2.30. The van der Waals surface area contributed by atoms with Crippen LogP contribution in [0.25, 0.3) is 6.08 Å². The van der Waals surface area contributed by atoms with Crippen molar-refractivity contribution in [1.82, 2.24) is 5.16 Å². The predicted octanol–water partition coefficient (Wildman–Crippen LogP) is 2.61. The molecule has 0 N–H and O–H groups in total. The number of ketones is 1. The van der Waals surface area contributed by atoms with Gasteiger partial charge in [-0.1, -0.05) is 0 Å². The number of nitrogens with zero attached hydrogens (tertiary/aromatic N) is 1. The molecule has 0 aliphatic carbocycles. The zero-order chi connectivity index (χ0) is 16.8. The fraction of sp³-hybridized carbons (Fsp3) is 0.250. The van der Waals surface area contributed by atoms with Crippen molar-refractivity contribution in [3.8, 4) is 23.1 Å². The average Bonchev–Trinajstić information content (AvgIpc) is 3.07. The average molecular weight is 319 g/mol. The Morgan fingerprint density at radius 1 is 1.04 bits per heavy atom. The first-order valence-corrected chi connectivity index (χ1v) is 6.66. The van der Waals surface area contributed by atoms with Gasteiger partial charge >= 0.3 is 0 Å². The molecule has 0 aliphatic heterocycles. The van der Waals surface area contributed by atoms with E-state index in [2.05, 4.69) is 5.16 Å². The van der Waals surface area contributed by atoms with Crippen LogP contribution in [0.4, 0.5) is 0 Å². The van der Waals surface area contributed by atoms with Crippen LogP contribution in [0.15, 0.2) is 28.8 Å². The molecule has 0 saturated heterocycles. The van der Waals surface area contributed by atoms with E-state index in [1.165, 1.54) is 40.6 Å². The number of rotatable bonds is 7. The number of aromatic nitrogens is 1. The van der Waals surface area contributed by atoms with Crippen molar-refractivity contribution >= 4 is 11.9 Å². The molecule has 0 atom stereocenters. The molecule has 1 aromatic heterocycles. The number of benzene rings is 1. The van der Waals surface area contributed by atoms with Crippen molar-refractivity contribution in [2.24, 2.45) is 0 Å². The van der Waals surface area contributed by atoms with Crippen molar-refractivity contribution in [2.45, 2.75) is 0 Å². The molecule has 0 aliphatic rings. The molecule has 0 radical (unpaired) electrons. The maximum absolute atomic E-state index is 12.1. The normalized spacial score (nSPS) is 10.6. The van der Waals surface area contributed by atoms with Gasteiger partial charge in [0, 0.05) is 5.56 Å². The highest BCUT2D eigenvalue weighted by molar-refractivity contribution is 6.05. The van der Waals surface area contributed by atoms with Gasteiger partial charge in [0.1, 0.15) is 0 Å². The molecule has 1 aromatic carbocycles. The number of hydrogen-bond donors (Lipinski definition) is 0. The number of hydrogen-bond acceptors (Lipinski definition) is 7. The predicted molar refractivity (Wildman–Crippen MR) is 82.5 cm³/mol. The van der Waals surface area contributed by atoms with Gasteiger partial charge in [0.2, 0.25) is 17.3 Å². The third-order valence-electron chi connectivity index (χ3n) is 3.09. The fourth-order valence-electron chi connectivity index (χ4n) is 1.97. The summed E-state index contributed by atoms with van der Waals surface area (Å²) < 4.78 is 25.6. The summed E-state index contributed by atoms with van der Waals surface area (Å²) >= 11 is 0. The van der Waals surface area contributed by atoms with Crippen LogP contribution in [0.3, 0.4) is 0 Å². The van der Waals surface area contributed by atoms with E-state index in [9.17, 15) is 4.79 Å². The molecule has 23 heavy (non-hydrogen) atoms. The first-order chi connectivity index (χ1) is 11.1. The summed E-state index contributed by atoms with van der Waals surface area (Å²) in [4.78, 5) is 12.1. The molecule has 0 spiro atoms. The molecule has 122 valence electrons. The minimum Gasteiger partial charge on any atom is -0.493 e. The summed E-state index contributed by atoms with van der Waals surface area (Å²) in [6, 6.07) is 4.90. The molecule has 0 saturated carbocycles. The van der Waals surface area contributed by atoms with Crippen LogP contribution in [0, 0.1) is 0 Å². The maximum atomic E-state index is 12.1. The van der Waals surface area contributed by atoms with Gasteiger partial charge in [0.25, 0.3) is 5.88 Å². The highest BCUT2D eigenvalue weighted by Gasteiger charge is 2.15. The van der Waals surface area contributed by atoms with Gasteiger partial charge in [0.05, 0.1) is 34.5 Å². The number of carbonyl (C=O) groups is 1. The number of ether oxygens (including phenoxy) is 4. The Morgan fingerprint density at radius 3 is 2.35 bits per heavy atom. The van der Waals surface area contributed by atoms with Gasteiger partial charge in [-0.15, -0.1) is 0 Å². The summed E-state index contributed by atoms with van der Waals surface area (Å²) in [5.74, 6) is 1.42. The lowest BCUT2D eigenvalue weighted by atomic mass is 10.1. The number of methoxy groups -OCH3 is 4. The van der Waals surface area contributed by atoms with Crippen molar-refractivity contribution in [3.05, 3.63) is 35.6 Å². The van der Waals surface area contributed by atoms with E-state index >= 15 is 0 Å². The van der Waals surface area contributed by atoms with Crippen LogP contribution in [-0.4, -0.2) is 39.4 Å². The molecule has 0 fully saturated rings. The van der Waals surface area contributed by atoms with E-state index in [-0.39, 0.29) is 17.4 Å². The highest BCUT2D eigenvalue weighted by atomic mass is 16.5. The Hall–Kier alpha value is -2.96. The lowest BCUT2D eigenvalue weighted by molar-refractivity contribution is 0.101. The molecular weight excluding hydrogens is 302 g/mol. The van der Waals surface area contributed by atoms with Crippen molar-refractivity contribution < 1.29 is 28.3 Å². The Labute approximate surface area is 133 Å². The second-order valence-electron chi connectivity index (χ2n) is 4.35. The molecule has 7 heteroatoms. The van der Waals surface area contributed by atoms with E-state index in [0.717, 1.165) is 0 Å². The third-order valence-corrected chi connectivity index (χ3v) is 3.09. The van der Waals surface area contributed by atoms with Crippen molar-refractivity contribution in [3.63, 3.8) is 0 Å². The van der Waals surface area contributed by atoms with Crippen LogP contribution in [0.2, 0.25) is 0 Å². The zero-order valence-corrected chi connectivity index (χ0v) is 13.3. The zero-order valence-electron chi connectivity index (χ0n) is 13.3. The van der Waals surface area contributed by atoms with Crippen LogP contribution < -0.4 is 18.9 Å². The number of allylic oxidation sites excluding steroid dienone is 1. The van der Waals surface area contributed by atoms with Crippen molar-refractivity contribution in [1.29, 1.82) is 0 Å². The molecule has 2 rings (SSSR count). The summed E-state index contributed by atoms with van der Waals surface area (Å²) in [5.41, 5.74) is 0.657. The van der Waals surface area contributed by atoms with Gasteiger partial charge in [-0.2, -0.15) is 0 Å². The first kappa shape index (κ1) is 16.4. The van der Waals surface area contributed by atoms with Gasteiger partial charge in [0.15, 0.2) is 11.5 Å². The first-order valence-electron chi connectivity index (χ1n) is 6.66. The van der Waals surface area contributed by atoms with Crippen molar-refractivity contribution in [2.75, 3.05) is 28.4 Å². The smallest absolute Gasteiger partial charge is 0.254 e. The van der Waals surface area contributed by atoms with Crippen LogP contribution >= 0.6 is 0 Å². The minimum atomic E-state index is -0.349. The summed E-state index contributed by atoms with van der Waals surface area (Å²) in [5, 5.41) is 3.58. The second kappa shape index (κ2) is 7.35. The van der Waals surface area contributed by atoms with E-state index in [1.54, 1.807) is 18.2 Å². The Kier molecular flexibility index (Phi) is 5.24. The van der Waals surface area contributed by atoms with Gasteiger partial charge < -0.3 is 23.5 Å². The highest BCUT2D eigenvalue weighted by Crippen LogP contribution is 2.40. The van der Waals surface area contributed by atoms with E-state index in [4.69, 9.17) is 23.5 Å². The summed E-state index contributed by atoms with van der Waals surface area (Å²) in [6.45, 7) is 0. The summed E-state index contributed by atoms with van der Waals surface area (Å²) in [7, 11) is 6.00. The monoisotopic (exact) mass is 319 g/mol. The molecule has 7 nitrogen and oxygen atoms in total. The van der Waals surface area contributed by atoms with E-state index in [1.807, 2.05) is 0 Å². The molecule has 2 aromatic rings. The van der Waals surface area contributed by atoms with Crippen LogP contribution in [-0.2, 0) is 0 Å². The van der Waals surface area contributed by atoms with Crippen LogP contribution in [0.1, 0.15) is 16.1 Å². The Morgan fingerprint density at radius 2 is 1.78 bits per heavy atom. The maximum Gasteiger partial charge on any atom is 0.254 e. The minimum absolute atomic E-state index is 0.0811. The summed E-state index contributed by atoms with van der Waals surface area (Å²) in [6.07, 6.45) is 2.95. The lowest BCUT2D eigenvalue weighted by Gasteiger charge is -2.13.